The second-order valence-electron chi connectivity index (χ2n) is 4.35. The molecule has 0 aliphatic heterocycles. The summed E-state index contributed by atoms with van der Waals surface area (Å²) >= 11 is 5.29. The topological polar surface area (TPSA) is 25.8 Å². The number of nitrogens with zero attached hydrogens (tertiary/aromatic N) is 2. The van der Waals surface area contributed by atoms with Crippen LogP contribution in [0.25, 0.3) is 21.1 Å². The highest BCUT2D eigenvalue weighted by Crippen LogP contribution is 2.30. The zero-order valence-electron chi connectivity index (χ0n) is 10.1. The second-order valence-corrected chi connectivity index (χ2v) is 6.34. The van der Waals surface area contributed by atoms with Crippen LogP contribution in [0.15, 0.2) is 28.9 Å². The lowest BCUT2D eigenvalue weighted by Gasteiger charge is -1.97. The maximum absolute atomic E-state index is 4.67. The van der Waals surface area contributed by atoms with Crippen molar-refractivity contribution in [3.63, 3.8) is 0 Å². The number of benzene rings is 1. The van der Waals surface area contributed by atoms with Crippen molar-refractivity contribution < 1.29 is 0 Å². The third-order valence-electron chi connectivity index (χ3n) is 2.97. The average Bonchev–Trinajstić information content (AvgIpc) is 2.79. The van der Waals surface area contributed by atoms with Gasteiger partial charge in [-0.15, -0.1) is 11.3 Å². The molecule has 2 heterocycles. The highest BCUT2D eigenvalue weighted by Gasteiger charge is 2.08. The van der Waals surface area contributed by atoms with Gasteiger partial charge in [-0.1, -0.05) is 35.3 Å². The van der Waals surface area contributed by atoms with Gasteiger partial charge in [-0.2, -0.15) is 0 Å². The van der Waals surface area contributed by atoms with Crippen LogP contribution in [0.5, 0.6) is 0 Å². The fourth-order valence-electron chi connectivity index (χ4n) is 2.03. The molecule has 0 saturated heterocycles. The van der Waals surface area contributed by atoms with E-state index in [9.17, 15) is 0 Å². The number of hydrogen-bond acceptors (Lipinski definition) is 3. The fraction of sp³-hybridized carbons (Fsp3) is 0.286. The number of unbranched alkanes of at least 4 members (excludes halogenated alkanes) is 1. The van der Waals surface area contributed by atoms with E-state index in [-0.39, 0.29) is 0 Å². The van der Waals surface area contributed by atoms with Crippen molar-refractivity contribution in [1.29, 1.82) is 0 Å². The molecule has 4 heteroatoms. The summed E-state index contributed by atoms with van der Waals surface area (Å²) in [4.78, 5) is 9.15. The molecule has 0 amide bonds. The molecule has 3 aromatic rings. The van der Waals surface area contributed by atoms with Crippen molar-refractivity contribution >= 4 is 48.4 Å². The summed E-state index contributed by atoms with van der Waals surface area (Å²) in [5, 5.41) is 2.43. The van der Waals surface area contributed by atoms with E-state index in [4.69, 9.17) is 0 Å². The largest absolute Gasteiger partial charge is 0.254 e. The van der Waals surface area contributed by atoms with Crippen molar-refractivity contribution in [3.8, 4) is 0 Å². The van der Waals surface area contributed by atoms with Gasteiger partial charge < -0.3 is 0 Å². The van der Waals surface area contributed by atoms with Gasteiger partial charge in [-0.25, -0.2) is 4.98 Å². The van der Waals surface area contributed by atoms with Crippen LogP contribution in [-0.4, -0.2) is 9.97 Å². The van der Waals surface area contributed by atoms with Crippen LogP contribution in [0.4, 0.5) is 0 Å². The molecule has 2 aromatic heterocycles. The Hall–Kier alpha value is -1.00. The molecule has 0 aliphatic carbocycles. The van der Waals surface area contributed by atoms with Gasteiger partial charge in [0, 0.05) is 9.86 Å². The smallest absolute Gasteiger partial charge is 0.100 e. The van der Waals surface area contributed by atoms with Gasteiger partial charge in [0.2, 0.25) is 0 Å². The molecule has 1 aromatic carbocycles. The SMILES string of the molecule is CCCCc1nc2cnc3cc(Br)ccc3c2s1. The molecule has 18 heavy (non-hydrogen) atoms. The van der Waals surface area contributed by atoms with Crippen molar-refractivity contribution in [3.05, 3.63) is 33.9 Å². The molecule has 2 nitrogen and oxygen atoms in total. The lowest BCUT2D eigenvalue weighted by atomic mass is 10.2. The molecule has 3 rings (SSSR count). The van der Waals surface area contributed by atoms with E-state index in [0.717, 1.165) is 21.9 Å². The third-order valence-corrected chi connectivity index (χ3v) is 4.63. The van der Waals surface area contributed by atoms with Gasteiger partial charge in [-0.05, 0) is 25.0 Å². The first kappa shape index (κ1) is 12.1. The molecule has 0 atom stereocenters. The van der Waals surface area contributed by atoms with E-state index >= 15 is 0 Å². The number of thiazole rings is 1. The third kappa shape index (κ3) is 2.15. The molecule has 0 aliphatic rings. The van der Waals surface area contributed by atoms with Crippen LogP contribution < -0.4 is 0 Å². The lowest BCUT2D eigenvalue weighted by Crippen LogP contribution is -1.82. The Morgan fingerprint density at radius 1 is 1.28 bits per heavy atom. The van der Waals surface area contributed by atoms with Gasteiger partial charge in [0.05, 0.1) is 21.4 Å². The number of halogens is 1. The summed E-state index contributed by atoms with van der Waals surface area (Å²) in [6, 6.07) is 6.24. The summed E-state index contributed by atoms with van der Waals surface area (Å²) in [5.41, 5.74) is 2.06. The van der Waals surface area contributed by atoms with Crippen LogP contribution in [0.3, 0.4) is 0 Å². The molecule has 0 radical (unpaired) electrons. The average molecular weight is 321 g/mol. The van der Waals surface area contributed by atoms with Crippen LogP contribution in [0.1, 0.15) is 24.8 Å². The minimum atomic E-state index is 1.03. The van der Waals surface area contributed by atoms with Crippen LogP contribution in [0, 0.1) is 0 Å². The standard InChI is InChI=1S/C14H13BrN2S/c1-2-3-4-13-17-12-8-16-11-7-9(15)5-6-10(11)14(12)18-13/h5-8H,2-4H2,1H3. The Morgan fingerprint density at radius 3 is 3.00 bits per heavy atom. The maximum atomic E-state index is 4.67. The van der Waals surface area contributed by atoms with Crippen molar-refractivity contribution in [2.45, 2.75) is 26.2 Å². The van der Waals surface area contributed by atoms with Gasteiger partial charge >= 0.3 is 0 Å². The summed E-state index contributed by atoms with van der Waals surface area (Å²) in [6.07, 6.45) is 5.38. The number of rotatable bonds is 3. The van der Waals surface area contributed by atoms with E-state index in [0.29, 0.717) is 0 Å². The number of hydrogen-bond donors (Lipinski definition) is 0. The zero-order valence-corrected chi connectivity index (χ0v) is 12.5. The molecular weight excluding hydrogens is 308 g/mol. The van der Waals surface area contributed by atoms with Crippen molar-refractivity contribution in [2.24, 2.45) is 0 Å². The van der Waals surface area contributed by atoms with E-state index < -0.39 is 0 Å². The Kier molecular flexibility index (Phi) is 3.31. The van der Waals surface area contributed by atoms with Crippen LogP contribution >= 0.6 is 27.3 Å². The minimum Gasteiger partial charge on any atom is -0.254 e. The minimum absolute atomic E-state index is 1.03. The van der Waals surface area contributed by atoms with Gasteiger partial charge in [0.25, 0.3) is 0 Å². The van der Waals surface area contributed by atoms with Crippen molar-refractivity contribution in [2.75, 3.05) is 0 Å². The Balaban J connectivity index is 2.17. The number of fused-ring (bicyclic) bond motifs is 3. The van der Waals surface area contributed by atoms with E-state index in [2.05, 4.69) is 51.0 Å². The summed E-state index contributed by atoms with van der Waals surface area (Å²) < 4.78 is 2.33. The van der Waals surface area contributed by atoms with E-state index in [1.54, 1.807) is 11.3 Å². The number of pyridine rings is 1. The molecular formula is C14H13BrN2S. The van der Waals surface area contributed by atoms with Crippen molar-refractivity contribution in [1.82, 2.24) is 9.97 Å². The monoisotopic (exact) mass is 320 g/mol. The Labute approximate surface area is 118 Å². The predicted molar refractivity (Wildman–Crippen MR) is 81.2 cm³/mol. The molecule has 0 N–H and O–H groups in total. The molecule has 0 spiro atoms. The Morgan fingerprint density at radius 2 is 2.17 bits per heavy atom. The Bertz CT molecular complexity index is 705. The summed E-state index contributed by atoms with van der Waals surface area (Å²) in [5.74, 6) is 0. The number of aryl methyl sites for hydroxylation is 1. The summed E-state index contributed by atoms with van der Waals surface area (Å²) in [7, 11) is 0. The zero-order chi connectivity index (χ0) is 12.5. The summed E-state index contributed by atoms with van der Waals surface area (Å²) in [6.45, 7) is 2.21. The quantitative estimate of drug-likeness (QED) is 0.682. The van der Waals surface area contributed by atoms with Gasteiger partial charge in [0.1, 0.15) is 5.52 Å². The predicted octanol–water partition coefficient (Wildman–Crippen LogP) is 4.95. The number of aromatic nitrogens is 2. The fourth-order valence-corrected chi connectivity index (χ4v) is 3.49. The van der Waals surface area contributed by atoms with Crippen LogP contribution in [-0.2, 0) is 6.42 Å². The molecule has 92 valence electrons. The highest BCUT2D eigenvalue weighted by atomic mass is 79.9. The first-order valence-corrected chi connectivity index (χ1v) is 7.72. The first-order chi connectivity index (χ1) is 8.78. The van der Waals surface area contributed by atoms with Gasteiger partial charge in [0.15, 0.2) is 0 Å². The van der Waals surface area contributed by atoms with E-state index in [1.807, 2.05) is 6.20 Å². The van der Waals surface area contributed by atoms with E-state index in [1.165, 1.54) is 27.9 Å². The van der Waals surface area contributed by atoms with Gasteiger partial charge in [-0.3, -0.25) is 4.98 Å². The molecule has 0 fully saturated rings. The first-order valence-electron chi connectivity index (χ1n) is 6.11. The maximum Gasteiger partial charge on any atom is 0.100 e. The van der Waals surface area contributed by atoms with Crippen LogP contribution in [0.2, 0.25) is 0 Å². The normalized spacial score (nSPS) is 11.4. The molecule has 0 unspecified atom stereocenters. The second kappa shape index (κ2) is 4.94. The molecule has 0 bridgehead atoms. The highest BCUT2D eigenvalue weighted by molar-refractivity contribution is 9.10. The lowest BCUT2D eigenvalue weighted by molar-refractivity contribution is 0.791. The molecule has 0 saturated carbocycles.